The molecule has 1 aromatic rings. The van der Waals surface area contributed by atoms with Crippen LogP contribution in [0.5, 0.6) is 11.5 Å². The van der Waals surface area contributed by atoms with Crippen LogP contribution in [0.25, 0.3) is 0 Å². The Morgan fingerprint density at radius 2 is 2.05 bits per heavy atom. The Labute approximate surface area is 126 Å². The molecule has 0 amide bonds. The van der Waals surface area contributed by atoms with Crippen molar-refractivity contribution in [2.24, 2.45) is 5.92 Å². The van der Waals surface area contributed by atoms with E-state index in [0.717, 1.165) is 24.6 Å². The number of benzene rings is 1. The summed E-state index contributed by atoms with van der Waals surface area (Å²) >= 11 is 5.48. The van der Waals surface area contributed by atoms with Crippen LogP contribution in [0.1, 0.15) is 26.3 Å². The second-order valence-electron chi connectivity index (χ2n) is 4.91. The standard InChI is InChI=1S/C16H24ClNO2/c1-4-19-16-10-14(12-18-11-13(2)3)6-7-15(16)20-9-5-8-17/h5-8,10,13,18H,4,9,11-12H2,1-3H3. The maximum atomic E-state index is 5.63. The number of ether oxygens (including phenoxy) is 2. The number of halogens is 1. The van der Waals surface area contributed by atoms with Crippen molar-refractivity contribution in [1.82, 2.24) is 5.32 Å². The van der Waals surface area contributed by atoms with Crippen LogP contribution in [-0.2, 0) is 6.54 Å². The zero-order valence-corrected chi connectivity index (χ0v) is 13.2. The van der Waals surface area contributed by atoms with E-state index in [2.05, 4.69) is 25.2 Å². The molecule has 1 aromatic carbocycles. The SMILES string of the molecule is CCOc1cc(CNCC(C)C)ccc1OCC=CCl. The molecule has 1 N–H and O–H groups in total. The summed E-state index contributed by atoms with van der Waals surface area (Å²) < 4.78 is 11.2. The zero-order valence-electron chi connectivity index (χ0n) is 12.5. The van der Waals surface area contributed by atoms with Gasteiger partial charge in [-0.3, -0.25) is 0 Å². The predicted octanol–water partition coefficient (Wildman–Crippen LogP) is 3.96. The molecule has 0 radical (unpaired) electrons. The summed E-state index contributed by atoms with van der Waals surface area (Å²) in [4.78, 5) is 0. The highest BCUT2D eigenvalue weighted by Gasteiger charge is 2.06. The Bertz CT molecular complexity index is 419. The van der Waals surface area contributed by atoms with Crippen LogP contribution < -0.4 is 14.8 Å². The lowest BCUT2D eigenvalue weighted by Crippen LogP contribution is -2.19. The average Bonchev–Trinajstić information content (AvgIpc) is 2.41. The molecule has 0 aliphatic rings. The van der Waals surface area contributed by atoms with Crippen molar-refractivity contribution in [1.29, 1.82) is 0 Å². The van der Waals surface area contributed by atoms with E-state index >= 15 is 0 Å². The van der Waals surface area contributed by atoms with E-state index < -0.39 is 0 Å². The van der Waals surface area contributed by atoms with E-state index in [4.69, 9.17) is 21.1 Å². The van der Waals surface area contributed by atoms with Crippen molar-refractivity contribution >= 4 is 11.6 Å². The molecule has 0 aliphatic heterocycles. The van der Waals surface area contributed by atoms with Gasteiger partial charge in [0.15, 0.2) is 11.5 Å². The molecule has 4 heteroatoms. The molecule has 0 spiro atoms. The fourth-order valence-electron chi connectivity index (χ4n) is 1.73. The third-order valence-electron chi connectivity index (χ3n) is 2.61. The maximum absolute atomic E-state index is 5.63. The van der Waals surface area contributed by atoms with Gasteiger partial charge in [-0.15, -0.1) is 0 Å². The van der Waals surface area contributed by atoms with E-state index in [0.29, 0.717) is 19.1 Å². The Morgan fingerprint density at radius 1 is 1.25 bits per heavy atom. The summed E-state index contributed by atoms with van der Waals surface area (Å²) in [5, 5.41) is 3.42. The van der Waals surface area contributed by atoms with E-state index in [1.807, 2.05) is 19.1 Å². The van der Waals surface area contributed by atoms with Crippen molar-refractivity contribution in [3.8, 4) is 11.5 Å². The molecule has 20 heavy (non-hydrogen) atoms. The van der Waals surface area contributed by atoms with Gasteiger partial charge in [0.25, 0.3) is 0 Å². The van der Waals surface area contributed by atoms with Crippen LogP contribution in [-0.4, -0.2) is 19.8 Å². The molecule has 0 fully saturated rings. The molecular formula is C16H24ClNO2. The summed E-state index contributed by atoms with van der Waals surface area (Å²) in [5.74, 6) is 2.17. The van der Waals surface area contributed by atoms with Gasteiger partial charge in [0.2, 0.25) is 0 Å². The number of hydrogen-bond acceptors (Lipinski definition) is 3. The molecule has 112 valence electrons. The van der Waals surface area contributed by atoms with Crippen LogP contribution in [0.2, 0.25) is 0 Å². The second-order valence-corrected chi connectivity index (χ2v) is 5.16. The van der Waals surface area contributed by atoms with Gasteiger partial charge in [-0.25, -0.2) is 0 Å². The molecular weight excluding hydrogens is 274 g/mol. The molecule has 0 saturated carbocycles. The van der Waals surface area contributed by atoms with E-state index in [9.17, 15) is 0 Å². The zero-order chi connectivity index (χ0) is 14.8. The first-order valence-electron chi connectivity index (χ1n) is 7.01. The fourth-order valence-corrected chi connectivity index (χ4v) is 1.80. The van der Waals surface area contributed by atoms with Crippen LogP contribution in [0.4, 0.5) is 0 Å². The molecule has 0 aromatic heterocycles. The summed E-state index contributed by atoms with van der Waals surface area (Å²) in [7, 11) is 0. The molecule has 0 bridgehead atoms. The molecule has 0 aliphatic carbocycles. The largest absolute Gasteiger partial charge is 0.490 e. The first-order chi connectivity index (χ1) is 9.67. The van der Waals surface area contributed by atoms with Crippen LogP contribution >= 0.6 is 11.6 Å². The Balaban J connectivity index is 2.67. The topological polar surface area (TPSA) is 30.5 Å². The maximum Gasteiger partial charge on any atom is 0.161 e. The molecule has 0 atom stereocenters. The lowest BCUT2D eigenvalue weighted by molar-refractivity contribution is 0.296. The van der Waals surface area contributed by atoms with E-state index in [1.54, 1.807) is 6.08 Å². The predicted molar refractivity (Wildman–Crippen MR) is 84.6 cm³/mol. The van der Waals surface area contributed by atoms with E-state index in [-0.39, 0.29) is 0 Å². The minimum absolute atomic E-state index is 0.439. The Hall–Kier alpha value is -1.19. The van der Waals surface area contributed by atoms with Gasteiger partial charge in [-0.1, -0.05) is 31.5 Å². The average molecular weight is 298 g/mol. The second kappa shape index (κ2) is 9.67. The number of hydrogen-bond donors (Lipinski definition) is 1. The first kappa shape index (κ1) is 16.9. The molecule has 0 heterocycles. The lowest BCUT2D eigenvalue weighted by Gasteiger charge is -2.13. The third-order valence-corrected chi connectivity index (χ3v) is 2.79. The van der Waals surface area contributed by atoms with Gasteiger partial charge in [0.1, 0.15) is 6.61 Å². The third kappa shape index (κ3) is 6.31. The van der Waals surface area contributed by atoms with Crippen molar-refractivity contribution < 1.29 is 9.47 Å². The summed E-state index contributed by atoms with van der Waals surface area (Å²) in [6.07, 6.45) is 1.75. The summed E-state index contributed by atoms with van der Waals surface area (Å²) in [6.45, 7) is 9.24. The number of nitrogens with one attached hydrogen (secondary N) is 1. The quantitative estimate of drug-likeness (QED) is 0.748. The van der Waals surface area contributed by atoms with Crippen molar-refractivity contribution in [2.75, 3.05) is 19.8 Å². The van der Waals surface area contributed by atoms with Crippen LogP contribution in [0.15, 0.2) is 29.8 Å². The number of rotatable bonds is 9. The highest BCUT2D eigenvalue weighted by atomic mass is 35.5. The molecule has 0 saturated heterocycles. The molecule has 3 nitrogen and oxygen atoms in total. The van der Waals surface area contributed by atoms with Gasteiger partial charge >= 0.3 is 0 Å². The smallest absolute Gasteiger partial charge is 0.161 e. The van der Waals surface area contributed by atoms with E-state index in [1.165, 1.54) is 11.1 Å². The minimum atomic E-state index is 0.439. The summed E-state index contributed by atoms with van der Waals surface area (Å²) in [6, 6.07) is 6.02. The minimum Gasteiger partial charge on any atom is -0.490 e. The van der Waals surface area contributed by atoms with Crippen molar-refractivity contribution in [3.63, 3.8) is 0 Å². The lowest BCUT2D eigenvalue weighted by atomic mass is 10.2. The van der Waals surface area contributed by atoms with Crippen molar-refractivity contribution in [3.05, 3.63) is 35.4 Å². The fraction of sp³-hybridized carbons (Fsp3) is 0.500. The Kier molecular flexibility index (Phi) is 8.16. The van der Waals surface area contributed by atoms with Gasteiger partial charge in [0, 0.05) is 12.1 Å². The monoisotopic (exact) mass is 297 g/mol. The summed E-state index contributed by atoms with van der Waals surface area (Å²) in [5.41, 5.74) is 2.64. The highest BCUT2D eigenvalue weighted by Crippen LogP contribution is 2.28. The normalized spacial score (nSPS) is 11.2. The van der Waals surface area contributed by atoms with Gasteiger partial charge < -0.3 is 14.8 Å². The Morgan fingerprint density at radius 3 is 2.70 bits per heavy atom. The molecule has 0 unspecified atom stereocenters. The van der Waals surface area contributed by atoms with Gasteiger partial charge in [-0.05, 0) is 43.2 Å². The van der Waals surface area contributed by atoms with Crippen LogP contribution in [0, 0.1) is 5.92 Å². The molecule has 1 rings (SSSR count). The van der Waals surface area contributed by atoms with Crippen LogP contribution in [0.3, 0.4) is 0 Å². The van der Waals surface area contributed by atoms with Gasteiger partial charge in [-0.2, -0.15) is 0 Å². The highest BCUT2D eigenvalue weighted by molar-refractivity contribution is 6.25. The van der Waals surface area contributed by atoms with Crippen molar-refractivity contribution in [2.45, 2.75) is 27.3 Å². The van der Waals surface area contributed by atoms with Gasteiger partial charge in [0.05, 0.1) is 6.61 Å². The first-order valence-corrected chi connectivity index (χ1v) is 7.45.